The predicted octanol–water partition coefficient (Wildman–Crippen LogP) is 2.45. The third-order valence-corrected chi connectivity index (χ3v) is 5.60. The van der Waals surface area contributed by atoms with Gasteiger partial charge in [0.25, 0.3) is 0 Å². The summed E-state index contributed by atoms with van der Waals surface area (Å²) in [7, 11) is -3.74. The minimum atomic E-state index is -3.74. The molecule has 2 aliphatic heterocycles. The maximum atomic E-state index is 12.4. The molecule has 0 spiro atoms. The third kappa shape index (κ3) is 1.99. The zero-order valence-corrected chi connectivity index (χ0v) is 13.0. The van der Waals surface area contributed by atoms with E-state index in [9.17, 15) is 8.42 Å². The Morgan fingerprint density at radius 1 is 1.09 bits per heavy atom. The van der Waals surface area contributed by atoms with Crippen molar-refractivity contribution in [1.82, 2.24) is 4.31 Å². The van der Waals surface area contributed by atoms with Crippen LogP contribution in [0.4, 0.5) is 5.69 Å². The van der Waals surface area contributed by atoms with E-state index in [0.29, 0.717) is 19.0 Å². The van der Waals surface area contributed by atoms with Crippen LogP contribution in [0.5, 0.6) is 5.75 Å². The van der Waals surface area contributed by atoms with Gasteiger partial charge in [0.05, 0.1) is 12.7 Å². The topological polar surface area (TPSA) is 49.9 Å². The highest BCUT2D eigenvalue weighted by molar-refractivity contribution is 7.84. The Labute approximate surface area is 130 Å². The zero-order valence-electron chi connectivity index (χ0n) is 12.1. The van der Waals surface area contributed by atoms with E-state index in [4.69, 9.17) is 4.18 Å². The van der Waals surface area contributed by atoms with Crippen LogP contribution in [0, 0.1) is 6.92 Å². The Morgan fingerprint density at radius 3 is 2.64 bits per heavy atom. The maximum absolute atomic E-state index is 12.4. The van der Waals surface area contributed by atoms with Crippen LogP contribution in [0.2, 0.25) is 0 Å². The average Bonchev–Trinajstić information content (AvgIpc) is 2.94. The lowest BCUT2D eigenvalue weighted by atomic mass is 10.1. The first kappa shape index (κ1) is 13.6. The van der Waals surface area contributed by atoms with E-state index in [1.54, 1.807) is 12.1 Å². The zero-order chi connectivity index (χ0) is 15.3. The number of hydrogen-bond donors (Lipinski definition) is 0. The molecule has 0 bridgehead atoms. The molecule has 2 heterocycles. The molecule has 0 saturated carbocycles. The minimum Gasteiger partial charge on any atom is -0.370 e. The highest BCUT2D eigenvalue weighted by Crippen LogP contribution is 2.42. The van der Waals surface area contributed by atoms with Crippen molar-refractivity contribution in [3.8, 4) is 5.75 Å². The summed E-state index contributed by atoms with van der Waals surface area (Å²) in [6.07, 6.45) is 0. The number of benzene rings is 2. The first-order chi connectivity index (χ1) is 10.6. The molecule has 2 aromatic rings. The standard InChI is InChI=1S/C16H16N2O3S/c1-12-6-2-4-8-14(12)17-10-15-13-7-3-5-9-16(13)21-22(19,20)18(15)11-17/h2-9,15H,10-11H2,1H3/t15-/m0/s1. The van der Waals surface area contributed by atoms with Gasteiger partial charge in [-0.25, -0.2) is 0 Å². The van der Waals surface area contributed by atoms with Gasteiger partial charge in [-0.05, 0) is 24.6 Å². The molecule has 0 aromatic heterocycles. The van der Waals surface area contributed by atoms with Crippen LogP contribution in [0.3, 0.4) is 0 Å². The fourth-order valence-electron chi connectivity index (χ4n) is 3.19. The summed E-state index contributed by atoms with van der Waals surface area (Å²) in [5, 5.41) is 0. The van der Waals surface area contributed by atoms with E-state index in [-0.39, 0.29) is 6.04 Å². The normalized spacial score (nSPS) is 22.8. The van der Waals surface area contributed by atoms with E-state index < -0.39 is 10.3 Å². The Balaban J connectivity index is 1.77. The van der Waals surface area contributed by atoms with Crippen LogP contribution in [0.25, 0.3) is 0 Å². The van der Waals surface area contributed by atoms with Crippen molar-refractivity contribution in [1.29, 1.82) is 0 Å². The largest absolute Gasteiger partial charge is 0.387 e. The third-order valence-electron chi connectivity index (χ3n) is 4.27. The first-order valence-electron chi connectivity index (χ1n) is 7.17. The van der Waals surface area contributed by atoms with Crippen molar-refractivity contribution < 1.29 is 12.6 Å². The van der Waals surface area contributed by atoms with Crippen molar-refractivity contribution in [2.24, 2.45) is 0 Å². The Bertz CT molecular complexity index is 835. The van der Waals surface area contributed by atoms with Gasteiger partial charge < -0.3 is 9.08 Å². The molecule has 1 fully saturated rings. The predicted molar refractivity (Wildman–Crippen MR) is 84.0 cm³/mol. The Kier molecular flexibility index (Phi) is 2.92. The van der Waals surface area contributed by atoms with Crippen LogP contribution in [0.1, 0.15) is 17.2 Å². The van der Waals surface area contributed by atoms with Gasteiger partial charge in [0.1, 0.15) is 5.75 Å². The highest BCUT2D eigenvalue weighted by atomic mass is 32.2. The van der Waals surface area contributed by atoms with E-state index in [0.717, 1.165) is 16.8 Å². The molecule has 0 unspecified atom stereocenters. The summed E-state index contributed by atoms with van der Waals surface area (Å²) in [5.74, 6) is 0.440. The van der Waals surface area contributed by atoms with Crippen molar-refractivity contribution in [3.05, 3.63) is 59.7 Å². The van der Waals surface area contributed by atoms with Gasteiger partial charge in [-0.15, -0.1) is 4.31 Å². The Morgan fingerprint density at radius 2 is 1.82 bits per heavy atom. The van der Waals surface area contributed by atoms with Gasteiger partial charge in [-0.2, -0.15) is 8.42 Å². The second-order valence-corrected chi connectivity index (χ2v) is 7.12. The molecule has 2 aromatic carbocycles. The summed E-state index contributed by atoms with van der Waals surface area (Å²) in [6, 6.07) is 15.2. The second-order valence-electron chi connectivity index (χ2n) is 5.63. The lowest BCUT2D eigenvalue weighted by Crippen LogP contribution is -2.39. The molecular weight excluding hydrogens is 300 g/mol. The molecule has 2 aliphatic rings. The van der Waals surface area contributed by atoms with Gasteiger partial charge >= 0.3 is 10.3 Å². The number of rotatable bonds is 1. The summed E-state index contributed by atoms with van der Waals surface area (Å²) in [6.45, 7) is 2.97. The molecule has 6 heteroatoms. The van der Waals surface area contributed by atoms with E-state index in [1.807, 2.05) is 43.3 Å². The van der Waals surface area contributed by atoms with Gasteiger partial charge in [-0.1, -0.05) is 36.4 Å². The van der Waals surface area contributed by atoms with E-state index in [1.165, 1.54) is 4.31 Å². The molecule has 1 atom stereocenters. The summed E-state index contributed by atoms with van der Waals surface area (Å²) in [4.78, 5) is 2.09. The van der Waals surface area contributed by atoms with Crippen LogP contribution in [-0.4, -0.2) is 25.9 Å². The van der Waals surface area contributed by atoms with Gasteiger partial charge in [-0.3, -0.25) is 0 Å². The van der Waals surface area contributed by atoms with E-state index >= 15 is 0 Å². The quantitative estimate of drug-likeness (QED) is 0.811. The fourth-order valence-corrected chi connectivity index (χ4v) is 4.44. The SMILES string of the molecule is Cc1ccccc1N1C[C@H]2c3ccccc3OS(=O)(=O)N2C1. The van der Waals surface area contributed by atoms with Crippen LogP contribution in [-0.2, 0) is 10.3 Å². The molecular formula is C16H16N2O3S. The van der Waals surface area contributed by atoms with Crippen molar-refractivity contribution in [2.75, 3.05) is 18.1 Å². The number of hydrogen-bond acceptors (Lipinski definition) is 4. The summed E-state index contributed by atoms with van der Waals surface area (Å²) >= 11 is 0. The molecule has 0 aliphatic carbocycles. The number of anilines is 1. The van der Waals surface area contributed by atoms with Gasteiger partial charge in [0.2, 0.25) is 0 Å². The molecule has 0 amide bonds. The second kappa shape index (κ2) is 4.72. The molecule has 1 saturated heterocycles. The lowest BCUT2D eigenvalue weighted by molar-refractivity contribution is 0.322. The van der Waals surface area contributed by atoms with Crippen molar-refractivity contribution in [3.63, 3.8) is 0 Å². The maximum Gasteiger partial charge on any atom is 0.387 e. The summed E-state index contributed by atoms with van der Waals surface area (Å²) < 4.78 is 31.4. The van der Waals surface area contributed by atoms with Crippen molar-refractivity contribution >= 4 is 16.0 Å². The number of aryl methyl sites for hydroxylation is 1. The van der Waals surface area contributed by atoms with Gasteiger partial charge in [0, 0.05) is 17.8 Å². The number of nitrogens with zero attached hydrogens (tertiary/aromatic N) is 2. The highest BCUT2D eigenvalue weighted by Gasteiger charge is 2.45. The molecule has 22 heavy (non-hydrogen) atoms. The minimum absolute atomic E-state index is 0.199. The van der Waals surface area contributed by atoms with Crippen LogP contribution in [0.15, 0.2) is 48.5 Å². The number of para-hydroxylation sites is 2. The molecule has 0 radical (unpaired) electrons. The van der Waals surface area contributed by atoms with E-state index in [2.05, 4.69) is 4.90 Å². The molecule has 114 valence electrons. The smallest absolute Gasteiger partial charge is 0.370 e. The Hall–Kier alpha value is -2.05. The monoisotopic (exact) mass is 316 g/mol. The molecule has 5 nitrogen and oxygen atoms in total. The first-order valence-corrected chi connectivity index (χ1v) is 8.53. The summed E-state index contributed by atoms with van der Waals surface area (Å²) in [5.41, 5.74) is 3.12. The molecule has 4 rings (SSSR count). The van der Waals surface area contributed by atoms with Gasteiger partial charge in [0.15, 0.2) is 0 Å². The van der Waals surface area contributed by atoms with Crippen LogP contribution < -0.4 is 9.08 Å². The number of fused-ring (bicyclic) bond motifs is 3. The fraction of sp³-hybridized carbons (Fsp3) is 0.250. The lowest BCUT2D eigenvalue weighted by Gasteiger charge is -2.28. The molecule has 0 N–H and O–H groups in total. The van der Waals surface area contributed by atoms with Crippen LogP contribution >= 0.6 is 0 Å². The van der Waals surface area contributed by atoms with Crippen molar-refractivity contribution in [2.45, 2.75) is 13.0 Å². The average molecular weight is 316 g/mol.